The summed E-state index contributed by atoms with van der Waals surface area (Å²) in [5, 5.41) is 32.1. The van der Waals surface area contributed by atoms with Gasteiger partial charge in [0.05, 0.1) is 12.2 Å². The fraction of sp³-hybridized carbons (Fsp3) is 0.704. The fourth-order valence-corrected chi connectivity index (χ4v) is 5.42. The number of hydrogen-bond donors (Lipinski definition) is 3. The number of aromatic hydroxyl groups is 1. The third-order valence-corrected chi connectivity index (χ3v) is 7.60. The van der Waals surface area contributed by atoms with Crippen molar-refractivity contribution in [1.29, 1.82) is 0 Å². The second-order valence-corrected chi connectivity index (χ2v) is 10.5. The van der Waals surface area contributed by atoms with E-state index in [1.165, 1.54) is 11.1 Å². The molecule has 5 nitrogen and oxygen atoms in total. The Bertz CT molecular complexity index is 828. The van der Waals surface area contributed by atoms with Crippen molar-refractivity contribution in [3.05, 3.63) is 34.4 Å². The van der Waals surface area contributed by atoms with E-state index in [1.807, 2.05) is 6.92 Å². The number of phenols is 1. The zero-order valence-electron chi connectivity index (χ0n) is 20.8. The molecule has 8 atom stereocenters. The number of aliphatic hydroxyl groups excluding tert-OH is 2. The highest BCUT2D eigenvalue weighted by molar-refractivity contribution is 5.57. The minimum atomic E-state index is -0.976. The first kappa shape index (κ1) is 25.1. The lowest BCUT2D eigenvalue weighted by Gasteiger charge is -2.40. The largest absolute Gasteiger partial charge is 0.504 e. The van der Waals surface area contributed by atoms with Crippen LogP contribution in [0, 0.1) is 18.8 Å². The van der Waals surface area contributed by atoms with Gasteiger partial charge in [-0.2, -0.15) is 0 Å². The van der Waals surface area contributed by atoms with Gasteiger partial charge in [0.25, 0.3) is 0 Å². The van der Waals surface area contributed by atoms with E-state index in [4.69, 9.17) is 9.47 Å². The first-order chi connectivity index (χ1) is 15.0. The normalized spacial score (nSPS) is 33.3. The molecule has 0 aromatic heterocycles. The van der Waals surface area contributed by atoms with E-state index in [9.17, 15) is 15.3 Å². The molecule has 1 aromatic rings. The summed E-state index contributed by atoms with van der Waals surface area (Å²) < 4.78 is 11.8. The van der Waals surface area contributed by atoms with Crippen LogP contribution in [-0.2, 0) is 4.74 Å². The number of phenolic OH excluding ortho intramolecular Hbond substituents is 1. The second kappa shape index (κ2) is 10.1. The Morgan fingerprint density at radius 2 is 1.88 bits per heavy atom. The van der Waals surface area contributed by atoms with Gasteiger partial charge in [-0.15, -0.1) is 0 Å². The molecular formula is C27H42O5. The van der Waals surface area contributed by atoms with E-state index >= 15 is 0 Å². The third-order valence-electron chi connectivity index (χ3n) is 7.60. The minimum Gasteiger partial charge on any atom is -0.504 e. The maximum atomic E-state index is 11.3. The smallest absolute Gasteiger partial charge is 0.227 e. The van der Waals surface area contributed by atoms with Crippen LogP contribution in [0.15, 0.2) is 17.7 Å². The molecule has 1 saturated heterocycles. The Morgan fingerprint density at radius 1 is 1.19 bits per heavy atom. The predicted octanol–water partition coefficient (Wildman–Crippen LogP) is 5.55. The molecule has 1 aromatic carbocycles. The molecule has 0 saturated carbocycles. The van der Waals surface area contributed by atoms with Crippen molar-refractivity contribution in [2.24, 2.45) is 11.8 Å². The summed E-state index contributed by atoms with van der Waals surface area (Å²) in [6.45, 7) is 14.3. The third kappa shape index (κ3) is 5.00. The van der Waals surface area contributed by atoms with Crippen molar-refractivity contribution in [1.82, 2.24) is 0 Å². The summed E-state index contributed by atoms with van der Waals surface area (Å²) in [4.78, 5) is 0. The van der Waals surface area contributed by atoms with E-state index < -0.39 is 24.6 Å². The molecule has 32 heavy (non-hydrogen) atoms. The number of ether oxygens (including phenoxy) is 2. The number of allylic oxidation sites excluding steroid dienone is 2. The number of aryl methyl sites for hydroxylation is 1. The van der Waals surface area contributed by atoms with Crippen LogP contribution in [0.2, 0.25) is 0 Å². The molecular weight excluding hydrogens is 404 g/mol. The lowest BCUT2D eigenvalue weighted by molar-refractivity contribution is -0.250. The van der Waals surface area contributed by atoms with Crippen LogP contribution in [0.3, 0.4) is 0 Å². The zero-order valence-corrected chi connectivity index (χ0v) is 20.8. The van der Waals surface area contributed by atoms with Gasteiger partial charge < -0.3 is 24.8 Å². The van der Waals surface area contributed by atoms with E-state index in [0.717, 1.165) is 36.8 Å². The second-order valence-electron chi connectivity index (χ2n) is 10.5. The van der Waals surface area contributed by atoms with Crippen LogP contribution in [0.1, 0.15) is 95.8 Å². The van der Waals surface area contributed by atoms with Gasteiger partial charge in [-0.3, -0.25) is 0 Å². The molecule has 180 valence electrons. The molecule has 0 amide bonds. The topological polar surface area (TPSA) is 79.2 Å². The molecule has 0 bridgehead atoms. The van der Waals surface area contributed by atoms with E-state index in [-0.39, 0.29) is 17.6 Å². The van der Waals surface area contributed by atoms with Crippen LogP contribution < -0.4 is 4.74 Å². The average Bonchev–Trinajstić information content (AvgIpc) is 2.72. The zero-order chi connectivity index (χ0) is 23.7. The van der Waals surface area contributed by atoms with Crippen LogP contribution in [0.4, 0.5) is 0 Å². The van der Waals surface area contributed by atoms with Crippen LogP contribution in [0.5, 0.6) is 11.5 Å². The number of fused-ring (bicyclic) bond motifs is 1. The average molecular weight is 447 g/mol. The fourth-order valence-electron chi connectivity index (χ4n) is 5.42. The molecule has 3 N–H and O–H groups in total. The number of aliphatic hydroxyl groups is 2. The first-order valence-corrected chi connectivity index (χ1v) is 12.2. The van der Waals surface area contributed by atoms with E-state index in [1.54, 1.807) is 13.8 Å². The highest BCUT2D eigenvalue weighted by atomic mass is 16.7. The van der Waals surface area contributed by atoms with Gasteiger partial charge in [0.15, 0.2) is 11.5 Å². The quantitative estimate of drug-likeness (QED) is 0.500. The lowest BCUT2D eigenvalue weighted by atomic mass is 9.70. The highest BCUT2D eigenvalue weighted by Gasteiger charge is 2.42. The maximum absolute atomic E-state index is 11.3. The molecule has 2 aliphatic rings. The molecule has 1 aliphatic carbocycles. The Labute approximate surface area is 193 Å². The summed E-state index contributed by atoms with van der Waals surface area (Å²) in [6, 6.07) is 2.17. The van der Waals surface area contributed by atoms with Crippen molar-refractivity contribution >= 4 is 0 Å². The van der Waals surface area contributed by atoms with Gasteiger partial charge in [0.1, 0.15) is 6.10 Å². The Morgan fingerprint density at radius 3 is 2.53 bits per heavy atom. The molecule has 1 aliphatic heterocycles. The lowest BCUT2D eigenvalue weighted by Crippen LogP contribution is -2.54. The molecule has 5 heteroatoms. The van der Waals surface area contributed by atoms with Gasteiger partial charge in [-0.1, -0.05) is 38.5 Å². The van der Waals surface area contributed by atoms with Gasteiger partial charge in [0.2, 0.25) is 6.29 Å². The van der Waals surface area contributed by atoms with Crippen molar-refractivity contribution in [2.75, 3.05) is 0 Å². The number of rotatable bonds is 6. The summed E-state index contributed by atoms with van der Waals surface area (Å²) >= 11 is 0. The van der Waals surface area contributed by atoms with Crippen LogP contribution >= 0.6 is 0 Å². The standard InChI is InChI=1S/C27H42O5/c1-14(2)9-8-10-15(3)20-12-11-16(4)22-21(20)13-17(5)26(25(22)30)32-27-24(29)18(6)23(28)19(7)31-27/h9,13,15-16,18-20,23-24,27-30H,8,10-12H2,1-7H3/t15-,16-,18?,19?,20+,23?,24?,27?/m0/s1. The van der Waals surface area contributed by atoms with Crippen LogP contribution in [0.25, 0.3) is 0 Å². The van der Waals surface area contributed by atoms with Crippen molar-refractivity contribution in [2.45, 2.75) is 111 Å². The molecule has 1 fully saturated rings. The summed E-state index contributed by atoms with van der Waals surface area (Å²) in [6.07, 6.45) is 3.55. The molecule has 0 radical (unpaired) electrons. The van der Waals surface area contributed by atoms with E-state index in [2.05, 4.69) is 39.8 Å². The highest BCUT2D eigenvalue weighted by Crippen LogP contribution is 2.51. The van der Waals surface area contributed by atoms with Crippen molar-refractivity contribution in [3.63, 3.8) is 0 Å². The SMILES string of the molecule is CC(C)=CCC[C@H](C)[C@H]1CC[C@H](C)c2c1cc(C)c(OC1OC(C)C(O)C(C)C1O)c2O. The molecule has 1 heterocycles. The predicted molar refractivity (Wildman–Crippen MR) is 127 cm³/mol. The van der Waals surface area contributed by atoms with Crippen molar-refractivity contribution in [3.8, 4) is 11.5 Å². The van der Waals surface area contributed by atoms with E-state index in [0.29, 0.717) is 17.6 Å². The van der Waals surface area contributed by atoms with Gasteiger partial charge >= 0.3 is 0 Å². The van der Waals surface area contributed by atoms with Gasteiger partial charge in [-0.05, 0) is 82.3 Å². The first-order valence-electron chi connectivity index (χ1n) is 12.2. The Hall–Kier alpha value is -1.56. The summed E-state index contributed by atoms with van der Waals surface area (Å²) in [5.41, 5.74) is 4.41. The number of hydrogen-bond acceptors (Lipinski definition) is 5. The van der Waals surface area contributed by atoms with Gasteiger partial charge in [-0.25, -0.2) is 0 Å². The Balaban J connectivity index is 1.89. The molecule has 5 unspecified atom stereocenters. The molecule has 0 spiro atoms. The molecule has 3 rings (SSSR count). The monoisotopic (exact) mass is 446 g/mol. The minimum absolute atomic E-state index is 0.177. The van der Waals surface area contributed by atoms with Crippen molar-refractivity contribution < 1.29 is 24.8 Å². The number of benzene rings is 1. The van der Waals surface area contributed by atoms with Crippen LogP contribution in [-0.4, -0.2) is 39.9 Å². The maximum Gasteiger partial charge on any atom is 0.227 e. The summed E-state index contributed by atoms with van der Waals surface area (Å²) in [5.74, 6) is 1.36. The Kier molecular flexibility index (Phi) is 7.95. The summed E-state index contributed by atoms with van der Waals surface area (Å²) in [7, 11) is 0. The van der Waals surface area contributed by atoms with Gasteiger partial charge in [0, 0.05) is 11.5 Å².